The van der Waals surface area contributed by atoms with E-state index in [9.17, 15) is 4.79 Å². The molecule has 1 amide bonds. The second-order valence-electron chi connectivity index (χ2n) is 4.44. The first-order chi connectivity index (χ1) is 8.65. The number of carbonyl (C=O) groups is 1. The molecule has 1 atom stereocenters. The van der Waals surface area contributed by atoms with E-state index < -0.39 is 0 Å². The molecule has 1 aliphatic rings. The molecule has 2 N–H and O–H groups in total. The Kier molecular flexibility index (Phi) is 7.06. The molecule has 1 aromatic carbocycles. The predicted molar refractivity (Wildman–Crippen MR) is 87.0 cm³/mol. The van der Waals surface area contributed by atoms with Gasteiger partial charge in [-0.25, -0.2) is 0 Å². The maximum Gasteiger partial charge on any atom is 0.226 e. The lowest BCUT2D eigenvalue weighted by Gasteiger charge is -2.23. The van der Waals surface area contributed by atoms with E-state index in [4.69, 9.17) is 4.74 Å². The van der Waals surface area contributed by atoms with Crippen molar-refractivity contribution >= 4 is 46.6 Å². The van der Waals surface area contributed by atoms with Crippen molar-refractivity contribution in [2.24, 2.45) is 0 Å². The Labute approximate surface area is 133 Å². The molecular formula is C13H18ClIN2O2. The quantitative estimate of drug-likeness (QED) is 0.771. The van der Waals surface area contributed by atoms with Crippen LogP contribution in [-0.4, -0.2) is 31.7 Å². The molecule has 0 spiro atoms. The Morgan fingerprint density at radius 3 is 3.00 bits per heavy atom. The van der Waals surface area contributed by atoms with Crippen LogP contribution in [0.5, 0.6) is 0 Å². The van der Waals surface area contributed by atoms with Gasteiger partial charge in [0, 0.05) is 28.3 Å². The zero-order valence-corrected chi connectivity index (χ0v) is 13.7. The number of rotatable bonds is 3. The summed E-state index contributed by atoms with van der Waals surface area (Å²) in [4.78, 5) is 11.9. The molecule has 6 heteroatoms. The molecule has 0 radical (unpaired) electrons. The average Bonchev–Trinajstić information content (AvgIpc) is 2.35. The van der Waals surface area contributed by atoms with Crippen LogP contribution in [0.15, 0.2) is 18.2 Å². The number of anilines is 1. The van der Waals surface area contributed by atoms with Crippen LogP contribution in [-0.2, 0) is 9.53 Å². The Morgan fingerprint density at radius 2 is 2.37 bits per heavy atom. The summed E-state index contributed by atoms with van der Waals surface area (Å²) in [5.74, 6) is 0.0256. The molecule has 1 unspecified atom stereocenters. The van der Waals surface area contributed by atoms with Crippen molar-refractivity contribution in [1.29, 1.82) is 0 Å². The lowest BCUT2D eigenvalue weighted by molar-refractivity contribution is -0.117. The summed E-state index contributed by atoms with van der Waals surface area (Å²) in [5, 5.41) is 6.19. The number of carbonyl (C=O) groups excluding carboxylic acids is 1. The second-order valence-corrected chi connectivity index (χ2v) is 5.60. The first-order valence-electron chi connectivity index (χ1n) is 6.02. The van der Waals surface area contributed by atoms with Gasteiger partial charge in [-0.05, 0) is 47.2 Å². The minimum absolute atomic E-state index is 0. The summed E-state index contributed by atoms with van der Waals surface area (Å²) in [6.07, 6.45) is 0.449. The van der Waals surface area contributed by atoms with Crippen molar-refractivity contribution in [2.75, 3.05) is 25.1 Å². The van der Waals surface area contributed by atoms with Gasteiger partial charge in [-0.2, -0.15) is 0 Å². The summed E-state index contributed by atoms with van der Waals surface area (Å²) in [6.45, 7) is 4.21. The summed E-state index contributed by atoms with van der Waals surface area (Å²) < 4.78 is 6.48. The standard InChI is InChI=1S/C13H17IN2O2.ClH/c1-9-2-3-10(6-12(9)14)16-13(17)7-11-8-18-5-4-15-11;/h2-3,6,11,15H,4-5,7-8H2,1H3,(H,16,17);1H. The predicted octanol–water partition coefficient (Wildman–Crippen LogP) is 2.34. The lowest BCUT2D eigenvalue weighted by atomic mass is 10.2. The third-order valence-corrected chi connectivity index (χ3v) is 4.05. The van der Waals surface area contributed by atoms with Gasteiger partial charge >= 0.3 is 0 Å². The first-order valence-corrected chi connectivity index (χ1v) is 7.10. The van der Waals surface area contributed by atoms with Gasteiger partial charge in [-0.1, -0.05) is 6.07 Å². The van der Waals surface area contributed by atoms with Crippen LogP contribution < -0.4 is 10.6 Å². The zero-order valence-electron chi connectivity index (χ0n) is 10.7. The van der Waals surface area contributed by atoms with Gasteiger partial charge in [-0.15, -0.1) is 12.4 Å². The van der Waals surface area contributed by atoms with Crippen LogP contribution in [0.2, 0.25) is 0 Å². The summed E-state index contributed by atoms with van der Waals surface area (Å²) >= 11 is 2.27. The minimum atomic E-state index is 0. The van der Waals surface area contributed by atoms with Gasteiger partial charge < -0.3 is 15.4 Å². The smallest absolute Gasteiger partial charge is 0.226 e. The largest absolute Gasteiger partial charge is 0.378 e. The van der Waals surface area contributed by atoms with Gasteiger partial charge in [-0.3, -0.25) is 4.79 Å². The third-order valence-electron chi connectivity index (χ3n) is 2.89. The molecule has 1 fully saturated rings. The Bertz CT molecular complexity index is 437. The van der Waals surface area contributed by atoms with Gasteiger partial charge in [0.15, 0.2) is 0 Å². The van der Waals surface area contributed by atoms with Crippen LogP contribution in [0, 0.1) is 10.5 Å². The van der Waals surface area contributed by atoms with Crippen molar-refractivity contribution in [3.8, 4) is 0 Å². The van der Waals surface area contributed by atoms with Crippen LogP contribution in [0.25, 0.3) is 0 Å². The highest BCUT2D eigenvalue weighted by Crippen LogP contribution is 2.17. The van der Waals surface area contributed by atoms with Gasteiger partial charge in [0.2, 0.25) is 5.91 Å². The van der Waals surface area contributed by atoms with Crippen molar-refractivity contribution in [2.45, 2.75) is 19.4 Å². The minimum Gasteiger partial charge on any atom is -0.378 e. The number of morpholine rings is 1. The molecule has 4 nitrogen and oxygen atoms in total. The highest BCUT2D eigenvalue weighted by molar-refractivity contribution is 14.1. The van der Waals surface area contributed by atoms with Crippen molar-refractivity contribution in [3.63, 3.8) is 0 Å². The van der Waals surface area contributed by atoms with Crippen LogP contribution in [0.4, 0.5) is 5.69 Å². The fraction of sp³-hybridized carbons (Fsp3) is 0.462. The highest BCUT2D eigenvalue weighted by Gasteiger charge is 2.16. The van der Waals surface area contributed by atoms with E-state index in [0.717, 1.165) is 22.4 Å². The van der Waals surface area contributed by atoms with Crippen LogP contribution in [0.3, 0.4) is 0 Å². The topological polar surface area (TPSA) is 50.4 Å². The fourth-order valence-corrected chi connectivity index (χ4v) is 2.37. The lowest BCUT2D eigenvalue weighted by Crippen LogP contribution is -2.43. The maximum absolute atomic E-state index is 11.9. The molecule has 2 rings (SSSR count). The van der Waals surface area contributed by atoms with Crippen molar-refractivity contribution in [3.05, 3.63) is 27.3 Å². The van der Waals surface area contributed by atoms with Crippen molar-refractivity contribution in [1.82, 2.24) is 5.32 Å². The molecule has 0 aromatic heterocycles. The maximum atomic E-state index is 11.9. The molecule has 1 aromatic rings. The number of ether oxygens (including phenoxy) is 1. The van der Waals surface area contributed by atoms with E-state index in [1.165, 1.54) is 5.56 Å². The normalized spacial score (nSPS) is 18.5. The van der Waals surface area contributed by atoms with Gasteiger partial charge in [0.05, 0.1) is 13.2 Å². The van der Waals surface area contributed by atoms with Gasteiger partial charge in [0.25, 0.3) is 0 Å². The monoisotopic (exact) mass is 396 g/mol. The molecule has 0 saturated carbocycles. The second kappa shape index (κ2) is 8.04. The Morgan fingerprint density at radius 1 is 1.58 bits per heavy atom. The Hall–Kier alpha value is -0.370. The van der Waals surface area contributed by atoms with E-state index in [-0.39, 0.29) is 24.4 Å². The number of hydrogen-bond acceptors (Lipinski definition) is 3. The van der Waals surface area contributed by atoms with Crippen molar-refractivity contribution < 1.29 is 9.53 Å². The average molecular weight is 397 g/mol. The molecule has 1 saturated heterocycles. The molecule has 106 valence electrons. The molecule has 0 aliphatic carbocycles. The zero-order chi connectivity index (χ0) is 13.0. The first kappa shape index (κ1) is 16.7. The molecule has 0 bridgehead atoms. The summed E-state index contributed by atoms with van der Waals surface area (Å²) in [6, 6.07) is 6.06. The van der Waals surface area contributed by atoms with Crippen LogP contribution in [0.1, 0.15) is 12.0 Å². The van der Waals surface area contributed by atoms with E-state index in [2.05, 4.69) is 40.1 Å². The van der Waals surface area contributed by atoms with E-state index in [0.29, 0.717) is 13.0 Å². The molecule has 1 heterocycles. The number of aryl methyl sites for hydroxylation is 1. The Balaban J connectivity index is 0.00000180. The third kappa shape index (κ3) is 5.25. The molecule has 19 heavy (non-hydrogen) atoms. The summed E-state index contributed by atoms with van der Waals surface area (Å²) in [5.41, 5.74) is 2.07. The van der Waals surface area contributed by atoms with E-state index >= 15 is 0 Å². The molecule has 1 aliphatic heterocycles. The number of halogens is 2. The summed E-state index contributed by atoms with van der Waals surface area (Å²) in [7, 11) is 0. The van der Waals surface area contributed by atoms with Gasteiger partial charge in [0.1, 0.15) is 0 Å². The molecular weight excluding hydrogens is 379 g/mol. The SMILES string of the molecule is Cc1ccc(NC(=O)CC2COCCN2)cc1I.Cl. The fourth-order valence-electron chi connectivity index (χ4n) is 1.86. The van der Waals surface area contributed by atoms with Crippen LogP contribution >= 0.6 is 35.0 Å². The highest BCUT2D eigenvalue weighted by atomic mass is 127. The number of nitrogens with one attached hydrogen (secondary N) is 2. The van der Waals surface area contributed by atoms with E-state index in [1.807, 2.05) is 18.2 Å². The number of amides is 1. The number of benzene rings is 1. The number of hydrogen-bond donors (Lipinski definition) is 2. The van der Waals surface area contributed by atoms with E-state index in [1.54, 1.807) is 0 Å².